The van der Waals surface area contributed by atoms with E-state index in [9.17, 15) is 13.6 Å². The first-order chi connectivity index (χ1) is 13.4. The van der Waals surface area contributed by atoms with Crippen molar-refractivity contribution in [1.82, 2.24) is 9.47 Å². The molecule has 4 rings (SSSR count). The first kappa shape index (κ1) is 18.8. The number of halogens is 4. The lowest BCUT2D eigenvalue weighted by Gasteiger charge is -2.37. The highest BCUT2D eigenvalue weighted by molar-refractivity contribution is 6.42. The Bertz CT molecular complexity index is 1050. The second kappa shape index (κ2) is 7.45. The van der Waals surface area contributed by atoms with Crippen molar-refractivity contribution in [3.63, 3.8) is 0 Å². The lowest BCUT2D eigenvalue weighted by Crippen LogP contribution is -2.44. The van der Waals surface area contributed by atoms with Crippen LogP contribution in [0.4, 0.5) is 19.3 Å². The minimum Gasteiger partial charge on any atom is -0.348 e. The van der Waals surface area contributed by atoms with Crippen molar-refractivity contribution >= 4 is 34.9 Å². The summed E-state index contributed by atoms with van der Waals surface area (Å²) in [6.07, 6.45) is 1.90. The van der Waals surface area contributed by atoms with Crippen LogP contribution < -0.4 is 5.32 Å². The molecule has 4 nitrogen and oxygen atoms in total. The molecule has 2 aromatic carbocycles. The molecule has 0 radical (unpaired) electrons. The number of hydrogen-bond donors (Lipinski definition) is 1. The van der Waals surface area contributed by atoms with Gasteiger partial charge in [-0.2, -0.15) is 0 Å². The third-order valence-electron chi connectivity index (χ3n) is 4.73. The van der Waals surface area contributed by atoms with Gasteiger partial charge in [0.15, 0.2) is 11.6 Å². The SMILES string of the molecule is O=C(Nc1ccc(Cl)c(Cl)c1)N1CCn2cccc2C1c1ccc(F)c(F)c1. The molecule has 2 heterocycles. The zero-order chi connectivity index (χ0) is 19.8. The van der Waals surface area contributed by atoms with E-state index in [1.165, 1.54) is 6.07 Å². The Labute approximate surface area is 170 Å². The molecule has 1 atom stereocenters. The minimum atomic E-state index is -0.953. The second-order valence-electron chi connectivity index (χ2n) is 6.45. The lowest BCUT2D eigenvalue weighted by molar-refractivity contribution is 0.181. The molecule has 1 aliphatic heterocycles. The highest BCUT2D eigenvalue weighted by Gasteiger charge is 2.32. The standard InChI is InChI=1S/C20H15Cl2F2N3O/c21-14-5-4-13(11-15(14)22)25-20(28)27-9-8-26-7-1-2-18(26)19(27)12-3-6-16(23)17(24)10-12/h1-7,10-11,19H,8-9H2,(H,25,28). The van der Waals surface area contributed by atoms with Crippen LogP contribution in [0.25, 0.3) is 0 Å². The summed E-state index contributed by atoms with van der Waals surface area (Å²) >= 11 is 11.9. The van der Waals surface area contributed by atoms with Crippen molar-refractivity contribution in [1.29, 1.82) is 0 Å². The van der Waals surface area contributed by atoms with Gasteiger partial charge in [-0.05, 0) is 48.0 Å². The van der Waals surface area contributed by atoms with Gasteiger partial charge in [-0.15, -0.1) is 0 Å². The van der Waals surface area contributed by atoms with E-state index < -0.39 is 17.7 Å². The maximum Gasteiger partial charge on any atom is 0.322 e. The molecule has 0 fully saturated rings. The molecular formula is C20H15Cl2F2N3O. The van der Waals surface area contributed by atoms with Gasteiger partial charge in [-0.3, -0.25) is 0 Å². The molecule has 28 heavy (non-hydrogen) atoms. The Morgan fingerprint density at radius 3 is 2.57 bits per heavy atom. The summed E-state index contributed by atoms with van der Waals surface area (Å²) in [5.74, 6) is -1.88. The number of anilines is 1. The molecule has 1 aliphatic rings. The van der Waals surface area contributed by atoms with E-state index in [1.54, 1.807) is 23.1 Å². The molecule has 1 unspecified atom stereocenters. The molecule has 8 heteroatoms. The van der Waals surface area contributed by atoms with Crippen LogP contribution in [0.2, 0.25) is 10.0 Å². The number of rotatable bonds is 2. The smallest absolute Gasteiger partial charge is 0.322 e. The van der Waals surface area contributed by atoms with Gasteiger partial charge in [0.25, 0.3) is 0 Å². The van der Waals surface area contributed by atoms with Crippen LogP contribution in [-0.2, 0) is 6.54 Å². The van der Waals surface area contributed by atoms with Gasteiger partial charge in [-0.25, -0.2) is 13.6 Å². The number of hydrogen-bond acceptors (Lipinski definition) is 1. The predicted molar refractivity (Wildman–Crippen MR) is 105 cm³/mol. The summed E-state index contributed by atoms with van der Waals surface area (Å²) in [6, 6.07) is 11.3. The number of nitrogens with zero attached hydrogens (tertiary/aromatic N) is 2. The fourth-order valence-electron chi connectivity index (χ4n) is 3.40. The van der Waals surface area contributed by atoms with E-state index >= 15 is 0 Å². The summed E-state index contributed by atoms with van der Waals surface area (Å²) in [7, 11) is 0. The van der Waals surface area contributed by atoms with E-state index in [0.717, 1.165) is 17.8 Å². The van der Waals surface area contributed by atoms with Crippen LogP contribution >= 0.6 is 23.2 Å². The largest absolute Gasteiger partial charge is 0.348 e. The molecule has 3 aromatic rings. The third-order valence-corrected chi connectivity index (χ3v) is 5.47. The van der Waals surface area contributed by atoms with Crippen LogP contribution in [0.15, 0.2) is 54.7 Å². The number of carbonyl (C=O) groups is 1. The van der Waals surface area contributed by atoms with Crippen molar-refractivity contribution in [2.24, 2.45) is 0 Å². The summed E-state index contributed by atoms with van der Waals surface area (Å²) in [4.78, 5) is 14.6. The van der Waals surface area contributed by atoms with Gasteiger partial charge in [0, 0.05) is 30.7 Å². The average Bonchev–Trinajstić information content (AvgIpc) is 3.15. The zero-order valence-electron chi connectivity index (χ0n) is 14.5. The van der Waals surface area contributed by atoms with E-state index in [1.807, 2.05) is 22.9 Å². The normalized spacial score (nSPS) is 16.0. The Balaban J connectivity index is 1.68. The van der Waals surface area contributed by atoms with Crippen LogP contribution in [-0.4, -0.2) is 22.0 Å². The van der Waals surface area contributed by atoms with E-state index in [-0.39, 0.29) is 6.03 Å². The number of amides is 2. The first-order valence-electron chi connectivity index (χ1n) is 8.56. The number of aromatic nitrogens is 1. The number of urea groups is 1. The van der Waals surface area contributed by atoms with Gasteiger partial charge in [0.05, 0.1) is 16.1 Å². The number of benzene rings is 2. The third kappa shape index (κ3) is 3.45. The predicted octanol–water partition coefficient (Wildman–Crippen LogP) is 5.71. The summed E-state index contributed by atoms with van der Waals surface area (Å²) in [6.45, 7) is 0.996. The maximum absolute atomic E-state index is 13.9. The summed E-state index contributed by atoms with van der Waals surface area (Å²) in [5.41, 5.74) is 1.80. The number of nitrogens with one attached hydrogen (secondary N) is 1. The highest BCUT2D eigenvalue weighted by atomic mass is 35.5. The minimum absolute atomic E-state index is 0.323. The Hall–Kier alpha value is -2.57. The molecule has 0 saturated heterocycles. The quantitative estimate of drug-likeness (QED) is 0.565. The fourth-order valence-corrected chi connectivity index (χ4v) is 3.70. The van der Waals surface area contributed by atoms with Crippen molar-refractivity contribution in [3.8, 4) is 0 Å². The molecule has 0 saturated carbocycles. The first-order valence-corrected chi connectivity index (χ1v) is 9.32. The zero-order valence-corrected chi connectivity index (χ0v) is 16.0. The maximum atomic E-state index is 13.9. The topological polar surface area (TPSA) is 37.3 Å². The monoisotopic (exact) mass is 421 g/mol. The Morgan fingerprint density at radius 2 is 1.82 bits per heavy atom. The van der Waals surface area contributed by atoms with Crippen LogP contribution in [0, 0.1) is 11.6 Å². The molecule has 2 amide bonds. The molecule has 0 aliphatic carbocycles. The van der Waals surface area contributed by atoms with Crippen molar-refractivity contribution in [2.45, 2.75) is 12.6 Å². The fraction of sp³-hybridized carbons (Fsp3) is 0.150. The molecule has 144 valence electrons. The number of carbonyl (C=O) groups excluding carboxylic acids is 1. The average molecular weight is 422 g/mol. The molecular weight excluding hydrogens is 407 g/mol. The van der Waals surface area contributed by atoms with Crippen molar-refractivity contribution in [3.05, 3.63) is 87.7 Å². The van der Waals surface area contributed by atoms with Gasteiger partial charge < -0.3 is 14.8 Å². The van der Waals surface area contributed by atoms with E-state index in [4.69, 9.17) is 23.2 Å². The van der Waals surface area contributed by atoms with Crippen LogP contribution in [0.1, 0.15) is 17.3 Å². The molecule has 1 aromatic heterocycles. The van der Waals surface area contributed by atoms with Gasteiger partial charge >= 0.3 is 6.03 Å². The van der Waals surface area contributed by atoms with Gasteiger partial charge in [0.1, 0.15) is 0 Å². The van der Waals surface area contributed by atoms with Crippen LogP contribution in [0.3, 0.4) is 0 Å². The summed E-state index contributed by atoms with van der Waals surface area (Å²) in [5, 5.41) is 3.50. The molecule has 0 bridgehead atoms. The number of fused-ring (bicyclic) bond motifs is 1. The van der Waals surface area contributed by atoms with Gasteiger partial charge in [-0.1, -0.05) is 29.3 Å². The van der Waals surface area contributed by atoms with Crippen molar-refractivity contribution in [2.75, 3.05) is 11.9 Å². The molecule has 1 N–H and O–H groups in total. The highest BCUT2D eigenvalue weighted by Crippen LogP contribution is 2.34. The van der Waals surface area contributed by atoms with Gasteiger partial charge in [0.2, 0.25) is 0 Å². The lowest BCUT2D eigenvalue weighted by atomic mass is 10.00. The Morgan fingerprint density at radius 1 is 1.00 bits per heavy atom. The Kier molecular flexibility index (Phi) is 5.00. The van der Waals surface area contributed by atoms with E-state index in [0.29, 0.717) is 34.4 Å². The van der Waals surface area contributed by atoms with E-state index in [2.05, 4.69) is 5.32 Å². The van der Waals surface area contributed by atoms with Crippen molar-refractivity contribution < 1.29 is 13.6 Å². The second-order valence-corrected chi connectivity index (χ2v) is 7.27. The summed E-state index contributed by atoms with van der Waals surface area (Å²) < 4.78 is 29.3. The molecule has 0 spiro atoms. The van der Waals surface area contributed by atoms with Crippen LogP contribution in [0.5, 0.6) is 0 Å².